The Kier molecular flexibility index (Phi) is 4.40. The molecule has 2 aliphatic rings. The fraction of sp³-hybridized carbons (Fsp3) is 0.923. The molecule has 1 heterocycles. The van der Waals surface area contributed by atoms with Crippen molar-refractivity contribution in [3.63, 3.8) is 0 Å². The minimum absolute atomic E-state index is 0.236. The molecule has 1 saturated carbocycles. The molecule has 1 saturated heterocycles. The SMILES string of the molecule is CCOCCC(=O)N1CC2CCCC(N)C2C1. The number of nitrogens with zero attached hydrogens (tertiary/aromatic N) is 1. The summed E-state index contributed by atoms with van der Waals surface area (Å²) in [5, 5.41) is 0. The smallest absolute Gasteiger partial charge is 0.224 e. The van der Waals surface area contributed by atoms with Crippen LogP contribution in [0.1, 0.15) is 32.6 Å². The summed E-state index contributed by atoms with van der Waals surface area (Å²) in [6.07, 6.45) is 4.11. The average molecular weight is 240 g/mol. The number of amides is 1. The molecular formula is C13H24N2O2. The maximum Gasteiger partial charge on any atom is 0.224 e. The highest BCUT2D eigenvalue weighted by Crippen LogP contribution is 2.35. The summed E-state index contributed by atoms with van der Waals surface area (Å²) in [5.41, 5.74) is 6.14. The lowest BCUT2D eigenvalue weighted by Crippen LogP contribution is -2.38. The van der Waals surface area contributed by atoms with Crippen LogP contribution in [-0.4, -0.2) is 43.2 Å². The summed E-state index contributed by atoms with van der Waals surface area (Å²) in [5.74, 6) is 1.43. The maximum atomic E-state index is 12.0. The molecule has 3 atom stereocenters. The molecule has 3 unspecified atom stereocenters. The van der Waals surface area contributed by atoms with Gasteiger partial charge in [0.1, 0.15) is 0 Å². The lowest BCUT2D eigenvalue weighted by atomic mass is 9.78. The quantitative estimate of drug-likeness (QED) is 0.746. The van der Waals surface area contributed by atoms with Gasteiger partial charge in [-0.25, -0.2) is 0 Å². The monoisotopic (exact) mass is 240 g/mol. The van der Waals surface area contributed by atoms with Crippen LogP contribution in [0, 0.1) is 11.8 Å². The lowest BCUT2D eigenvalue weighted by molar-refractivity contribution is -0.131. The number of carbonyl (C=O) groups excluding carboxylic acids is 1. The molecule has 0 radical (unpaired) electrons. The molecule has 1 aliphatic heterocycles. The minimum atomic E-state index is 0.236. The molecule has 2 fully saturated rings. The van der Waals surface area contributed by atoms with Gasteiger partial charge in [0.25, 0.3) is 0 Å². The normalized spacial score (nSPS) is 32.6. The molecule has 2 rings (SSSR count). The van der Waals surface area contributed by atoms with Gasteiger partial charge in [0.15, 0.2) is 0 Å². The van der Waals surface area contributed by atoms with E-state index in [0.29, 0.717) is 37.5 Å². The van der Waals surface area contributed by atoms with E-state index in [1.165, 1.54) is 12.8 Å². The van der Waals surface area contributed by atoms with Crippen LogP contribution in [0.4, 0.5) is 0 Å². The van der Waals surface area contributed by atoms with Gasteiger partial charge in [-0.15, -0.1) is 0 Å². The van der Waals surface area contributed by atoms with Gasteiger partial charge in [0, 0.05) is 25.7 Å². The predicted molar refractivity (Wildman–Crippen MR) is 66.5 cm³/mol. The van der Waals surface area contributed by atoms with Crippen molar-refractivity contribution in [3.8, 4) is 0 Å². The van der Waals surface area contributed by atoms with Crippen molar-refractivity contribution in [3.05, 3.63) is 0 Å². The van der Waals surface area contributed by atoms with E-state index in [-0.39, 0.29) is 5.91 Å². The second-order valence-corrected chi connectivity index (χ2v) is 5.26. The zero-order valence-corrected chi connectivity index (χ0v) is 10.7. The fourth-order valence-electron chi connectivity index (χ4n) is 3.18. The van der Waals surface area contributed by atoms with Gasteiger partial charge in [0.2, 0.25) is 5.91 Å². The second-order valence-electron chi connectivity index (χ2n) is 5.26. The van der Waals surface area contributed by atoms with Crippen LogP contribution in [-0.2, 0) is 9.53 Å². The molecular weight excluding hydrogens is 216 g/mol. The van der Waals surface area contributed by atoms with Crippen LogP contribution >= 0.6 is 0 Å². The van der Waals surface area contributed by atoms with Crippen LogP contribution < -0.4 is 5.73 Å². The first-order valence-corrected chi connectivity index (χ1v) is 6.83. The summed E-state index contributed by atoms with van der Waals surface area (Å²) in [6, 6.07) is 0.304. The van der Waals surface area contributed by atoms with Gasteiger partial charge in [-0.1, -0.05) is 6.42 Å². The number of rotatable bonds is 4. The summed E-state index contributed by atoms with van der Waals surface area (Å²) in [4.78, 5) is 14.0. The number of carbonyl (C=O) groups is 1. The molecule has 17 heavy (non-hydrogen) atoms. The van der Waals surface area contributed by atoms with E-state index in [1.54, 1.807) is 0 Å². The first-order chi connectivity index (χ1) is 8.22. The van der Waals surface area contributed by atoms with E-state index in [2.05, 4.69) is 0 Å². The van der Waals surface area contributed by atoms with Crippen molar-refractivity contribution in [2.75, 3.05) is 26.3 Å². The van der Waals surface area contributed by atoms with Gasteiger partial charge in [-0.3, -0.25) is 4.79 Å². The lowest BCUT2D eigenvalue weighted by Gasteiger charge is -2.29. The predicted octanol–water partition coefficient (Wildman–Crippen LogP) is 0.999. The summed E-state index contributed by atoms with van der Waals surface area (Å²) in [6.45, 7) is 4.98. The second kappa shape index (κ2) is 5.83. The van der Waals surface area contributed by atoms with E-state index in [9.17, 15) is 4.79 Å². The van der Waals surface area contributed by atoms with E-state index in [0.717, 1.165) is 19.5 Å². The number of hydrogen-bond donors (Lipinski definition) is 1. The molecule has 0 bridgehead atoms. The van der Waals surface area contributed by atoms with Gasteiger partial charge in [0.05, 0.1) is 13.0 Å². The standard InChI is InChI=1S/C13H24N2O2/c1-2-17-7-6-13(16)15-8-10-4-3-5-12(14)11(10)9-15/h10-12H,2-9,14H2,1H3. The molecule has 1 aliphatic carbocycles. The zero-order chi connectivity index (χ0) is 12.3. The Morgan fingerprint density at radius 3 is 2.94 bits per heavy atom. The minimum Gasteiger partial charge on any atom is -0.381 e. The van der Waals surface area contributed by atoms with E-state index < -0.39 is 0 Å². The Labute approximate surface area is 103 Å². The van der Waals surface area contributed by atoms with Gasteiger partial charge < -0.3 is 15.4 Å². The molecule has 1 amide bonds. The molecule has 2 N–H and O–H groups in total. The van der Waals surface area contributed by atoms with E-state index in [4.69, 9.17) is 10.5 Å². The number of nitrogens with two attached hydrogens (primary N) is 1. The van der Waals surface area contributed by atoms with Crippen LogP contribution in [0.2, 0.25) is 0 Å². The first kappa shape index (κ1) is 12.8. The molecule has 0 spiro atoms. The van der Waals surface area contributed by atoms with E-state index in [1.807, 2.05) is 11.8 Å². The number of fused-ring (bicyclic) bond motifs is 1. The summed E-state index contributed by atoms with van der Waals surface area (Å²) >= 11 is 0. The number of ether oxygens (including phenoxy) is 1. The van der Waals surface area contributed by atoms with Gasteiger partial charge >= 0.3 is 0 Å². The third-order valence-corrected chi connectivity index (χ3v) is 4.17. The van der Waals surface area contributed by atoms with E-state index >= 15 is 0 Å². The van der Waals surface area contributed by atoms with Crippen molar-refractivity contribution in [2.24, 2.45) is 17.6 Å². The topological polar surface area (TPSA) is 55.6 Å². The Morgan fingerprint density at radius 2 is 2.24 bits per heavy atom. The van der Waals surface area contributed by atoms with Gasteiger partial charge in [-0.05, 0) is 31.6 Å². The Hall–Kier alpha value is -0.610. The number of hydrogen-bond acceptors (Lipinski definition) is 3. The van der Waals surface area contributed by atoms with Crippen molar-refractivity contribution in [1.82, 2.24) is 4.90 Å². The van der Waals surface area contributed by atoms with Crippen molar-refractivity contribution in [1.29, 1.82) is 0 Å². The highest BCUT2D eigenvalue weighted by atomic mass is 16.5. The number of likely N-dealkylation sites (tertiary alicyclic amines) is 1. The maximum absolute atomic E-state index is 12.0. The van der Waals surface area contributed by atoms with Crippen LogP contribution in [0.5, 0.6) is 0 Å². The molecule has 4 heteroatoms. The highest BCUT2D eigenvalue weighted by molar-refractivity contribution is 5.76. The van der Waals surface area contributed by atoms with Crippen molar-refractivity contribution >= 4 is 5.91 Å². The Balaban J connectivity index is 1.81. The molecule has 98 valence electrons. The van der Waals surface area contributed by atoms with Crippen molar-refractivity contribution in [2.45, 2.75) is 38.6 Å². The van der Waals surface area contributed by atoms with Crippen LogP contribution in [0.15, 0.2) is 0 Å². The summed E-state index contributed by atoms with van der Waals surface area (Å²) < 4.78 is 5.23. The van der Waals surface area contributed by atoms with Crippen LogP contribution in [0.25, 0.3) is 0 Å². The molecule has 0 aromatic rings. The highest BCUT2D eigenvalue weighted by Gasteiger charge is 2.39. The molecule has 0 aromatic carbocycles. The Bertz CT molecular complexity index is 270. The average Bonchev–Trinajstić information content (AvgIpc) is 2.75. The van der Waals surface area contributed by atoms with Gasteiger partial charge in [-0.2, -0.15) is 0 Å². The van der Waals surface area contributed by atoms with Crippen LogP contribution in [0.3, 0.4) is 0 Å². The van der Waals surface area contributed by atoms with Crippen molar-refractivity contribution < 1.29 is 9.53 Å². The third-order valence-electron chi connectivity index (χ3n) is 4.17. The third kappa shape index (κ3) is 2.99. The zero-order valence-electron chi connectivity index (χ0n) is 10.7. The molecule has 0 aromatic heterocycles. The first-order valence-electron chi connectivity index (χ1n) is 6.83. The molecule has 4 nitrogen and oxygen atoms in total. The fourth-order valence-corrected chi connectivity index (χ4v) is 3.18. The largest absolute Gasteiger partial charge is 0.381 e. The Morgan fingerprint density at radius 1 is 1.41 bits per heavy atom. The summed E-state index contributed by atoms with van der Waals surface area (Å²) in [7, 11) is 0.